The second-order valence-corrected chi connectivity index (χ2v) is 9.27. The standard InChI is InChI=1S/C21H23ClN8S/c1-4-14-17(22)16-19(26-14)27-21(28-20(16)30-8-5-12(11-30)29(2)3)31-13-9-15-18(25-10-13)24-7-6-23-15/h6-7,9-10,12H,4-5,8,11H2,1-3H3,(H,26,27,28). The van der Waals surface area contributed by atoms with Crippen molar-refractivity contribution in [3.05, 3.63) is 35.4 Å². The molecule has 0 bridgehead atoms. The first-order valence-corrected chi connectivity index (χ1v) is 11.5. The third-order valence-electron chi connectivity index (χ3n) is 5.68. The number of rotatable bonds is 5. The summed E-state index contributed by atoms with van der Waals surface area (Å²) < 4.78 is 0. The highest BCUT2D eigenvalue weighted by molar-refractivity contribution is 7.99. The zero-order valence-corrected chi connectivity index (χ0v) is 19.2. The Morgan fingerprint density at radius 3 is 2.84 bits per heavy atom. The fourth-order valence-electron chi connectivity index (χ4n) is 3.94. The lowest BCUT2D eigenvalue weighted by Crippen LogP contribution is -2.31. The largest absolute Gasteiger partial charge is 0.354 e. The Morgan fingerprint density at radius 2 is 2.06 bits per heavy atom. The summed E-state index contributed by atoms with van der Waals surface area (Å²) in [5.74, 6) is 0.895. The molecule has 160 valence electrons. The maximum Gasteiger partial charge on any atom is 0.196 e. The van der Waals surface area contributed by atoms with Gasteiger partial charge in [0, 0.05) is 48.3 Å². The second kappa shape index (κ2) is 8.22. The van der Waals surface area contributed by atoms with Crippen molar-refractivity contribution < 1.29 is 0 Å². The van der Waals surface area contributed by atoms with Crippen LogP contribution in [0.25, 0.3) is 22.2 Å². The molecule has 0 aromatic carbocycles. The summed E-state index contributed by atoms with van der Waals surface area (Å²) in [6.45, 7) is 3.94. The fraction of sp³-hybridized carbons (Fsp3) is 0.381. The minimum Gasteiger partial charge on any atom is -0.354 e. The number of nitrogens with one attached hydrogen (secondary N) is 1. The number of anilines is 1. The van der Waals surface area contributed by atoms with Crippen molar-refractivity contribution in [2.24, 2.45) is 0 Å². The number of pyridine rings is 1. The maximum atomic E-state index is 6.74. The lowest BCUT2D eigenvalue weighted by Gasteiger charge is -2.22. The number of aryl methyl sites for hydroxylation is 1. The Kier molecular flexibility index (Phi) is 5.41. The molecule has 5 heterocycles. The van der Waals surface area contributed by atoms with E-state index in [0.717, 1.165) is 63.9 Å². The van der Waals surface area contributed by atoms with Gasteiger partial charge in [0.1, 0.15) is 17.0 Å². The SMILES string of the molecule is CCc1[nH]c2nc(Sc3cnc4nccnc4c3)nc(N3CCC(N(C)C)C3)c2c1Cl. The molecule has 5 rings (SSSR count). The summed E-state index contributed by atoms with van der Waals surface area (Å²) >= 11 is 8.20. The molecule has 8 nitrogen and oxygen atoms in total. The number of aromatic nitrogens is 6. The highest BCUT2D eigenvalue weighted by Crippen LogP contribution is 2.38. The molecule has 1 fully saturated rings. The topological polar surface area (TPSA) is 86.7 Å². The molecular weight excluding hydrogens is 432 g/mol. The molecule has 4 aromatic rings. The van der Waals surface area contributed by atoms with Crippen LogP contribution in [0.4, 0.5) is 5.82 Å². The Labute approximate surface area is 189 Å². The van der Waals surface area contributed by atoms with Crippen LogP contribution in [0, 0.1) is 0 Å². The number of hydrogen-bond donors (Lipinski definition) is 1. The van der Waals surface area contributed by atoms with Crippen LogP contribution in [-0.4, -0.2) is 68.0 Å². The Hall–Kier alpha value is -2.49. The van der Waals surface area contributed by atoms with Crippen molar-refractivity contribution in [1.29, 1.82) is 0 Å². The number of H-pyrrole nitrogens is 1. The van der Waals surface area contributed by atoms with E-state index in [1.165, 1.54) is 11.8 Å². The normalized spacial score (nSPS) is 16.8. The van der Waals surface area contributed by atoms with Crippen LogP contribution in [0.3, 0.4) is 0 Å². The van der Waals surface area contributed by atoms with Crippen LogP contribution in [0.2, 0.25) is 5.02 Å². The molecule has 0 saturated carbocycles. The van der Waals surface area contributed by atoms with E-state index in [1.807, 2.05) is 6.07 Å². The van der Waals surface area contributed by atoms with Crippen LogP contribution in [0.15, 0.2) is 34.7 Å². The number of likely N-dealkylation sites (N-methyl/N-ethyl adjacent to an activating group) is 1. The Bertz CT molecular complexity index is 1260. The van der Waals surface area contributed by atoms with Crippen LogP contribution >= 0.6 is 23.4 Å². The summed E-state index contributed by atoms with van der Waals surface area (Å²) in [6.07, 6.45) is 7.00. The van der Waals surface area contributed by atoms with Crippen LogP contribution in [0.1, 0.15) is 19.0 Å². The lowest BCUT2D eigenvalue weighted by atomic mass is 10.2. The van der Waals surface area contributed by atoms with Gasteiger partial charge in [-0.3, -0.25) is 4.98 Å². The van der Waals surface area contributed by atoms with Crippen molar-refractivity contribution >= 4 is 51.4 Å². The van der Waals surface area contributed by atoms with Gasteiger partial charge in [0.25, 0.3) is 0 Å². The van der Waals surface area contributed by atoms with Crippen molar-refractivity contribution in [2.75, 3.05) is 32.1 Å². The lowest BCUT2D eigenvalue weighted by molar-refractivity contribution is 0.315. The van der Waals surface area contributed by atoms with Gasteiger partial charge in [-0.1, -0.05) is 18.5 Å². The molecule has 1 saturated heterocycles. The fourth-order valence-corrected chi connectivity index (χ4v) is 5.06. The molecule has 0 amide bonds. The number of aromatic amines is 1. The minimum absolute atomic E-state index is 0.493. The molecule has 0 spiro atoms. The molecular formula is C21H23ClN8S. The molecule has 1 aliphatic heterocycles. The quantitative estimate of drug-likeness (QED) is 0.455. The molecule has 4 aromatic heterocycles. The number of hydrogen-bond acceptors (Lipinski definition) is 8. The first kappa shape index (κ1) is 20.4. The molecule has 1 atom stereocenters. The van der Waals surface area contributed by atoms with Crippen molar-refractivity contribution in [2.45, 2.75) is 35.9 Å². The van der Waals surface area contributed by atoms with Gasteiger partial charge in [-0.15, -0.1) is 0 Å². The molecule has 0 radical (unpaired) electrons. The van der Waals surface area contributed by atoms with Crippen molar-refractivity contribution in [3.8, 4) is 0 Å². The van der Waals surface area contributed by atoms with Gasteiger partial charge < -0.3 is 14.8 Å². The van der Waals surface area contributed by atoms with Gasteiger partial charge in [-0.05, 0) is 44.8 Å². The number of halogens is 1. The predicted octanol–water partition coefficient (Wildman–Crippen LogP) is 3.80. The van der Waals surface area contributed by atoms with E-state index in [0.29, 0.717) is 16.8 Å². The first-order chi connectivity index (χ1) is 15.0. The van der Waals surface area contributed by atoms with Crippen molar-refractivity contribution in [3.63, 3.8) is 0 Å². The second-order valence-electron chi connectivity index (χ2n) is 7.85. The van der Waals surface area contributed by atoms with Crippen LogP contribution < -0.4 is 4.90 Å². The highest BCUT2D eigenvalue weighted by Gasteiger charge is 2.28. The van der Waals surface area contributed by atoms with Gasteiger partial charge in [0.05, 0.1) is 10.4 Å². The van der Waals surface area contributed by atoms with E-state index in [4.69, 9.17) is 21.6 Å². The highest BCUT2D eigenvalue weighted by atomic mass is 35.5. The first-order valence-electron chi connectivity index (χ1n) is 10.3. The molecule has 1 unspecified atom stereocenters. The predicted molar refractivity (Wildman–Crippen MR) is 124 cm³/mol. The summed E-state index contributed by atoms with van der Waals surface area (Å²) in [5, 5.41) is 2.28. The third-order valence-corrected chi connectivity index (χ3v) is 6.92. The summed E-state index contributed by atoms with van der Waals surface area (Å²) in [7, 11) is 4.25. The van der Waals surface area contributed by atoms with Crippen LogP contribution in [0.5, 0.6) is 0 Å². The van der Waals surface area contributed by atoms with Gasteiger partial charge in [-0.25, -0.2) is 19.9 Å². The molecule has 10 heteroatoms. The monoisotopic (exact) mass is 454 g/mol. The number of fused-ring (bicyclic) bond motifs is 2. The van der Waals surface area contributed by atoms with Gasteiger partial charge in [0.15, 0.2) is 10.8 Å². The zero-order valence-electron chi connectivity index (χ0n) is 17.6. The average molecular weight is 455 g/mol. The summed E-state index contributed by atoms with van der Waals surface area (Å²) in [6, 6.07) is 2.46. The zero-order chi connectivity index (χ0) is 21.5. The Morgan fingerprint density at radius 1 is 1.23 bits per heavy atom. The summed E-state index contributed by atoms with van der Waals surface area (Å²) in [5.41, 5.74) is 3.13. The van der Waals surface area contributed by atoms with E-state index in [2.05, 4.69) is 50.8 Å². The van der Waals surface area contributed by atoms with Crippen molar-refractivity contribution in [1.82, 2.24) is 34.8 Å². The maximum absolute atomic E-state index is 6.74. The Balaban J connectivity index is 1.57. The van der Waals surface area contributed by atoms with Gasteiger partial charge >= 0.3 is 0 Å². The smallest absolute Gasteiger partial charge is 0.196 e. The third kappa shape index (κ3) is 3.81. The van der Waals surface area contributed by atoms with E-state index in [1.54, 1.807) is 18.6 Å². The average Bonchev–Trinajstić information content (AvgIpc) is 3.38. The van der Waals surface area contributed by atoms with E-state index < -0.39 is 0 Å². The minimum atomic E-state index is 0.493. The van der Waals surface area contributed by atoms with E-state index >= 15 is 0 Å². The van der Waals surface area contributed by atoms with Gasteiger partial charge in [-0.2, -0.15) is 0 Å². The molecule has 31 heavy (non-hydrogen) atoms. The van der Waals surface area contributed by atoms with E-state index in [-0.39, 0.29) is 0 Å². The van der Waals surface area contributed by atoms with Crippen LogP contribution in [-0.2, 0) is 6.42 Å². The molecule has 1 aliphatic rings. The molecule has 0 aliphatic carbocycles. The number of nitrogens with zero attached hydrogens (tertiary/aromatic N) is 7. The summed E-state index contributed by atoms with van der Waals surface area (Å²) in [4.78, 5) is 31.6. The van der Waals surface area contributed by atoms with Gasteiger partial charge in [0.2, 0.25) is 0 Å². The molecule has 1 N–H and O–H groups in total. The van der Waals surface area contributed by atoms with E-state index in [9.17, 15) is 0 Å².